The van der Waals surface area contributed by atoms with Crippen LogP contribution < -0.4 is 5.73 Å². The normalized spacial score (nSPS) is 43.8. The second-order valence-electron chi connectivity index (χ2n) is 8.14. The first kappa shape index (κ1) is 17.6. The van der Waals surface area contributed by atoms with E-state index in [0.717, 1.165) is 0 Å². The Morgan fingerprint density at radius 1 is 0.833 bits per heavy atom. The molecule has 2 spiro atoms. The maximum Gasteiger partial charge on any atom is 0.306 e. The monoisotopic (exact) mass is 339 g/mol. The summed E-state index contributed by atoms with van der Waals surface area (Å²) in [6.45, 7) is 0. The molecule has 0 amide bonds. The number of nitrogens with two attached hydrogens (primary N) is 1. The average Bonchev–Trinajstić information content (AvgIpc) is 2.53. The first-order valence-electron chi connectivity index (χ1n) is 8.97. The van der Waals surface area contributed by atoms with Gasteiger partial charge in [0, 0.05) is 6.04 Å². The molecule has 1 saturated heterocycles. The molecule has 1 radical (unpaired) electrons. The molecule has 1 heterocycles. The number of nitrogens with zero attached hydrogens (tertiary/aromatic N) is 1. The van der Waals surface area contributed by atoms with Gasteiger partial charge in [0.25, 0.3) is 0 Å². The van der Waals surface area contributed by atoms with E-state index in [1.54, 1.807) is 0 Å². The molecule has 7 nitrogen and oxygen atoms in total. The SMILES string of the molecule is NC1CC2(CCC(C(=O)O)CC2)N([O])C2(CCC(C(=O)O)CC2)C1. The van der Waals surface area contributed by atoms with Crippen molar-refractivity contribution in [1.82, 2.24) is 5.06 Å². The summed E-state index contributed by atoms with van der Waals surface area (Å²) in [6.07, 6.45) is 5.62. The smallest absolute Gasteiger partial charge is 0.306 e. The Kier molecular flexibility index (Phi) is 4.61. The fourth-order valence-electron chi connectivity index (χ4n) is 5.34. The van der Waals surface area contributed by atoms with Crippen LogP contribution in [0.3, 0.4) is 0 Å². The highest BCUT2D eigenvalue weighted by Crippen LogP contribution is 2.51. The second kappa shape index (κ2) is 6.28. The highest BCUT2D eigenvalue weighted by atomic mass is 16.5. The fourth-order valence-corrected chi connectivity index (χ4v) is 5.34. The summed E-state index contributed by atoms with van der Waals surface area (Å²) in [6, 6.07) is -0.0713. The zero-order valence-corrected chi connectivity index (χ0v) is 13.9. The molecule has 0 bridgehead atoms. The van der Waals surface area contributed by atoms with Gasteiger partial charge in [-0.2, -0.15) is 0 Å². The van der Waals surface area contributed by atoms with E-state index >= 15 is 0 Å². The average molecular weight is 339 g/mol. The van der Waals surface area contributed by atoms with Crippen LogP contribution in [0.4, 0.5) is 0 Å². The van der Waals surface area contributed by atoms with Crippen LogP contribution in [0.5, 0.6) is 0 Å². The van der Waals surface area contributed by atoms with Crippen molar-refractivity contribution in [2.24, 2.45) is 17.6 Å². The predicted molar refractivity (Wildman–Crippen MR) is 84.4 cm³/mol. The van der Waals surface area contributed by atoms with Crippen molar-refractivity contribution in [3.8, 4) is 0 Å². The van der Waals surface area contributed by atoms with Crippen molar-refractivity contribution < 1.29 is 25.0 Å². The Hall–Kier alpha value is -1.18. The number of carboxylic acids is 2. The van der Waals surface area contributed by atoms with Crippen molar-refractivity contribution >= 4 is 11.9 Å². The molecule has 2 saturated carbocycles. The zero-order chi connectivity index (χ0) is 17.5. The highest BCUT2D eigenvalue weighted by molar-refractivity contribution is 5.70. The quantitative estimate of drug-likeness (QED) is 0.704. The molecule has 24 heavy (non-hydrogen) atoms. The van der Waals surface area contributed by atoms with E-state index in [0.29, 0.717) is 64.2 Å². The Bertz CT molecular complexity index is 463. The van der Waals surface area contributed by atoms with E-state index < -0.39 is 23.0 Å². The molecular formula is C17H27N2O5. The Balaban J connectivity index is 1.76. The third kappa shape index (κ3) is 2.93. The lowest BCUT2D eigenvalue weighted by Gasteiger charge is -2.58. The molecule has 135 valence electrons. The van der Waals surface area contributed by atoms with Crippen molar-refractivity contribution in [3.63, 3.8) is 0 Å². The van der Waals surface area contributed by atoms with E-state index in [-0.39, 0.29) is 17.9 Å². The summed E-state index contributed by atoms with van der Waals surface area (Å²) in [7, 11) is 0. The van der Waals surface area contributed by atoms with E-state index in [9.17, 15) is 25.0 Å². The standard InChI is InChI=1S/C17H27N2O5/c18-13-9-16(5-1-11(2-6-16)14(20)21)19(24)17(10-13)7-3-12(4-8-17)15(22)23/h11-13H,1-10,18H2,(H,20,21)(H,22,23). The topological polar surface area (TPSA) is 124 Å². The lowest BCUT2D eigenvalue weighted by molar-refractivity contribution is -0.321. The minimum absolute atomic E-state index is 0.0713. The third-order valence-corrected chi connectivity index (χ3v) is 6.68. The Labute approximate surface area is 141 Å². The van der Waals surface area contributed by atoms with Gasteiger partial charge in [0.1, 0.15) is 0 Å². The van der Waals surface area contributed by atoms with Gasteiger partial charge in [-0.05, 0) is 64.2 Å². The molecule has 1 aliphatic heterocycles. The molecule has 3 rings (SSSR count). The van der Waals surface area contributed by atoms with Crippen molar-refractivity contribution in [2.75, 3.05) is 0 Å². The molecule has 3 fully saturated rings. The third-order valence-electron chi connectivity index (χ3n) is 6.68. The van der Waals surface area contributed by atoms with Gasteiger partial charge in [-0.3, -0.25) is 9.59 Å². The van der Waals surface area contributed by atoms with Crippen LogP contribution in [0, 0.1) is 11.8 Å². The molecule has 0 aromatic rings. The zero-order valence-electron chi connectivity index (χ0n) is 13.9. The Morgan fingerprint density at radius 2 is 1.17 bits per heavy atom. The van der Waals surface area contributed by atoms with E-state index in [1.807, 2.05) is 0 Å². The van der Waals surface area contributed by atoms with E-state index in [4.69, 9.17) is 5.73 Å². The number of hydrogen-bond donors (Lipinski definition) is 3. The van der Waals surface area contributed by atoms with Crippen molar-refractivity contribution in [2.45, 2.75) is 81.3 Å². The van der Waals surface area contributed by atoms with Crippen LogP contribution in [0.15, 0.2) is 0 Å². The van der Waals surface area contributed by atoms with Gasteiger partial charge >= 0.3 is 11.9 Å². The van der Waals surface area contributed by atoms with Crippen molar-refractivity contribution in [1.29, 1.82) is 0 Å². The number of hydroxylamine groups is 2. The van der Waals surface area contributed by atoms with Crippen LogP contribution in [-0.2, 0) is 14.8 Å². The molecule has 7 heteroatoms. The van der Waals surface area contributed by atoms with Crippen LogP contribution in [0.2, 0.25) is 0 Å². The van der Waals surface area contributed by atoms with Crippen LogP contribution in [-0.4, -0.2) is 44.3 Å². The first-order chi connectivity index (χ1) is 11.3. The van der Waals surface area contributed by atoms with E-state index in [1.165, 1.54) is 5.06 Å². The fraction of sp³-hybridized carbons (Fsp3) is 0.882. The summed E-state index contributed by atoms with van der Waals surface area (Å²) in [5.41, 5.74) is 5.19. The highest BCUT2D eigenvalue weighted by Gasteiger charge is 2.56. The summed E-state index contributed by atoms with van der Waals surface area (Å²) in [5, 5.41) is 33.0. The van der Waals surface area contributed by atoms with Gasteiger partial charge in [0.15, 0.2) is 0 Å². The molecule has 4 N–H and O–H groups in total. The number of hydrogen-bond acceptors (Lipinski definition) is 4. The summed E-state index contributed by atoms with van der Waals surface area (Å²) in [4.78, 5) is 22.4. The van der Waals surface area contributed by atoms with Crippen LogP contribution in [0.25, 0.3) is 0 Å². The number of aliphatic carboxylic acids is 2. The lowest BCUT2D eigenvalue weighted by Crippen LogP contribution is -2.67. The van der Waals surface area contributed by atoms with Gasteiger partial charge in [0.2, 0.25) is 0 Å². The summed E-state index contributed by atoms with van der Waals surface area (Å²) < 4.78 is 0. The number of carbonyl (C=O) groups is 2. The predicted octanol–water partition coefficient (Wildman–Crippen LogP) is 1.78. The van der Waals surface area contributed by atoms with Crippen molar-refractivity contribution in [3.05, 3.63) is 0 Å². The molecule has 0 aromatic heterocycles. The number of piperidine rings is 1. The molecule has 0 unspecified atom stereocenters. The maximum absolute atomic E-state index is 13.3. The Morgan fingerprint density at radius 3 is 1.46 bits per heavy atom. The van der Waals surface area contributed by atoms with Crippen LogP contribution >= 0.6 is 0 Å². The second-order valence-corrected chi connectivity index (χ2v) is 8.14. The minimum atomic E-state index is -0.779. The number of rotatable bonds is 2. The van der Waals surface area contributed by atoms with Gasteiger partial charge in [-0.15, -0.1) is 10.3 Å². The largest absolute Gasteiger partial charge is 0.481 e. The van der Waals surface area contributed by atoms with Gasteiger partial charge in [-0.1, -0.05) is 0 Å². The lowest BCUT2D eigenvalue weighted by atomic mass is 9.63. The molecule has 3 aliphatic rings. The molecule has 2 aliphatic carbocycles. The molecular weight excluding hydrogens is 312 g/mol. The summed E-state index contributed by atoms with van der Waals surface area (Å²) in [5.74, 6) is -2.28. The van der Waals surface area contributed by atoms with Gasteiger partial charge in [-0.25, -0.2) is 0 Å². The number of carboxylic acid groups (broad SMARTS) is 2. The molecule has 0 aromatic carbocycles. The minimum Gasteiger partial charge on any atom is -0.481 e. The van der Waals surface area contributed by atoms with Gasteiger partial charge < -0.3 is 15.9 Å². The summed E-state index contributed by atoms with van der Waals surface area (Å²) >= 11 is 0. The first-order valence-corrected chi connectivity index (χ1v) is 8.97. The maximum atomic E-state index is 13.3. The van der Waals surface area contributed by atoms with Crippen LogP contribution in [0.1, 0.15) is 64.2 Å². The van der Waals surface area contributed by atoms with E-state index in [2.05, 4.69) is 0 Å². The van der Waals surface area contributed by atoms with Gasteiger partial charge in [0.05, 0.1) is 22.9 Å². The molecule has 0 atom stereocenters.